The number of thiazole rings is 1. The summed E-state index contributed by atoms with van der Waals surface area (Å²) >= 11 is 2.48. The number of rotatable bonds is 9. The van der Waals surface area contributed by atoms with Gasteiger partial charge in [0.2, 0.25) is 6.29 Å². The minimum atomic E-state index is -1.23. The minimum Gasteiger partial charge on any atom is -0.435 e. The van der Waals surface area contributed by atoms with E-state index in [0.29, 0.717) is 5.75 Å². The Morgan fingerprint density at radius 3 is 2.74 bits per heavy atom. The fourth-order valence-corrected chi connectivity index (χ4v) is 4.73. The van der Waals surface area contributed by atoms with Gasteiger partial charge in [0.05, 0.1) is 6.61 Å². The van der Waals surface area contributed by atoms with Gasteiger partial charge in [-0.25, -0.2) is 14.6 Å². The van der Waals surface area contributed by atoms with Crippen molar-refractivity contribution >= 4 is 57.9 Å². The number of nitrogen functional groups attached to an aromatic ring is 1. The lowest BCUT2D eigenvalue weighted by Gasteiger charge is -2.48. The number of thioether (sulfide) groups is 1. The van der Waals surface area contributed by atoms with Crippen molar-refractivity contribution < 1.29 is 38.2 Å². The molecule has 1 saturated heterocycles. The van der Waals surface area contributed by atoms with Crippen molar-refractivity contribution in [1.29, 1.82) is 0 Å². The highest BCUT2D eigenvalue weighted by Gasteiger charge is 2.53. The summed E-state index contributed by atoms with van der Waals surface area (Å²) in [4.78, 5) is 59.9. The Bertz CT molecular complexity index is 1030. The number of aromatic nitrogens is 1. The molecule has 3 N–H and O–H groups in total. The maximum atomic E-state index is 12.9. The van der Waals surface area contributed by atoms with Gasteiger partial charge in [-0.1, -0.05) is 5.16 Å². The molecule has 0 radical (unpaired) electrons. The third kappa shape index (κ3) is 5.59. The van der Waals surface area contributed by atoms with E-state index >= 15 is 0 Å². The van der Waals surface area contributed by atoms with Gasteiger partial charge < -0.3 is 30.1 Å². The molecule has 1 aromatic heterocycles. The van der Waals surface area contributed by atoms with E-state index in [1.807, 2.05) is 0 Å². The van der Waals surface area contributed by atoms with Gasteiger partial charge in [-0.15, -0.1) is 23.1 Å². The molecule has 2 aliphatic rings. The first-order chi connectivity index (χ1) is 16.3. The minimum absolute atomic E-state index is 0.00552. The van der Waals surface area contributed by atoms with Crippen LogP contribution in [0.5, 0.6) is 0 Å². The molecule has 0 spiro atoms. The Morgan fingerprint density at radius 1 is 1.32 bits per heavy atom. The Morgan fingerprint density at radius 2 is 2.09 bits per heavy atom. The Balaban J connectivity index is 1.65. The number of hydrogen-bond acceptors (Lipinski definition) is 13. The van der Waals surface area contributed by atoms with E-state index in [1.165, 1.54) is 29.7 Å². The summed E-state index contributed by atoms with van der Waals surface area (Å²) in [6.07, 6.45) is -0.686. The number of oxime groups is 1. The first kappa shape index (κ1) is 25.3. The van der Waals surface area contributed by atoms with Crippen LogP contribution >= 0.6 is 23.1 Å². The topological polar surface area (TPSA) is 172 Å². The molecule has 0 saturated carbocycles. The monoisotopic (exact) mass is 513 g/mol. The van der Waals surface area contributed by atoms with Crippen LogP contribution in [0.15, 0.2) is 22.3 Å². The molecule has 1 aromatic rings. The summed E-state index contributed by atoms with van der Waals surface area (Å²) < 4.78 is 14.5. The summed E-state index contributed by atoms with van der Waals surface area (Å²) in [6, 6.07) is -0.912. The number of β-lactam (4-membered cyclic amide) rings is 1. The molecule has 3 atom stereocenters. The van der Waals surface area contributed by atoms with Gasteiger partial charge in [-0.05, 0) is 19.9 Å². The lowest BCUT2D eigenvalue weighted by atomic mass is 10.0. The van der Waals surface area contributed by atoms with E-state index in [1.54, 1.807) is 19.2 Å². The Labute approximate surface area is 202 Å². The molecule has 1 fully saturated rings. The summed E-state index contributed by atoms with van der Waals surface area (Å²) in [7, 11) is 0. The van der Waals surface area contributed by atoms with E-state index in [0.717, 1.165) is 11.3 Å². The van der Waals surface area contributed by atoms with Gasteiger partial charge >= 0.3 is 12.1 Å². The Hall–Kier alpha value is -3.33. The molecule has 2 aliphatic heterocycles. The third-order valence-corrected chi connectivity index (χ3v) is 6.26. The van der Waals surface area contributed by atoms with Crippen LogP contribution in [0.3, 0.4) is 0 Å². The number of nitrogens with zero attached hydrogens (tertiary/aromatic N) is 3. The van der Waals surface area contributed by atoms with Crippen molar-refractivity contribution in [2.45, 2.75) is 38.5 Å². The number of hydrogen-bond donors (Lipinski definition) is 2. The van der Waals surface area contributed by atoms with Crippen LogP contribution in [0.2, 0.25) is 0 Å². The van der Waals surface area contributed by atoms with Crippen LogP contribution in [0.25, 0.3) is 0 Å². The average molecular weight is 514 g/mol. The average Bonchev–Trinajstić information content (AvgIpc) is 3.22. The lowest BCUT2D eigenvalue weighted by molar-refractivity contribution is -0.168. The third-order valence-electron chi connectivity index (χ3n) is 4.40. The van der Waals surface area contributed by atoms with Gasteiger partial charge in [-0.3, -0.25) is 14.5 Å². The standard InChI is InChI=1S/C19H23N5O8S2/c1-4-29-19(28)32-9(3)31-17(27)11-6-7-33-16-13(15(26)24(11)16)22-14(25)12(23-30-5-2)10-8-34-18(20)21-10/h6,8-9,13,16H,4-5,7H2,1-3H3,(H2,20,21)(H,22,25)/t9?,13?,16-/m1/s1. The highest BCUT2D eigenvalue weighted by atomic mass is 32.2. The van der Waals surface area contributed by atoms with Crippen molar-refractivity contribution in [3.05, 3.63) is 22.8 Å². The zero-order valence-corrected chi connectivity index (χ0v) is 20.1. The highest BCUT2D eigenvalue weighted by Crippen LogP contribution is 2.38. The van der Waals surface area contributed by atoms with Crippen molar-refractivity contribution in [1.82, 2.24) is 15.2 Å². The molecule has 13 nitrogen and oxygen atoms in total. The fraction of sp³-hybridized carbons (Fsp3) is 0.474. The lowest BCUT2D eigenvalue weighted by Crippen LogP contribution is -2.70. The van der Waals surface area contributed by atoms with Gasteiger partial charge in [-0.2, -0.15) is 0 Å². The predicted molar refractivity (Wildman–Crippen MR) is 121 cm³/mol. The van der Waals surface area contributed by atoms with Gasteiger partial charge in [0.25, 0.3) is 11.8 Å². The largest absolute Gasteiger partial charge is 0.511 e. The number of carbonyl (C=O) groups excluding carboxylic acids is 4. The number of carbonyl (C=O) groups is 4. The molecule has 2 amide bonds. The second-order valence-electron chi connectivity index (χ2n) is 6.68. The molecule has 3 heterocycles. The molecule has 0 bridgehead atoms. The summed E-state index contributed by atoms with van der Waals surface area (Å²) in [5.74, 6) is -1.65. The second-order valence-corrected chi connectivity index (χ2v) is 8.71. The van der Waals surface area contributed by atoms with Crippen molar-refractivity contribution in [3.63, 3.8) is 0 Å². The Kier molecular flexibility index (Phi) is 8.33. The van der Waals surface area contributed by atoms with E-state index in [4.69, 9.17) is 20.0 Å². The van der Waals surface area contributed by atoms with E-state index in [9.17, 15) is 19.2 Å². The molecule has 184 valence electrons. The number of ether oxygens (including phenoxy) is 3. The van der Waals surface area contributed by atoms with E-state index in [2.05, 4.69) is 20.2 Å². The fourth-order valence-electron chi connectivity index (χ4n) is 2.99. The van der Waals surface area contributed by atoms with E-state index < -0.39 is 41.6 Å². The maximum absolute atomic E-state index is 12.9. The van der Waals surface area contributed by atoms with Crippen LogP contribution in [0.1, 0.15) is 26.5 Å². The number of fused-ring (bicyclic) bond motifs is 1. The summed E-state index contributed by atoms with van der Waals surface area (Å²) in [5, 5.41) is 7.67. The number of amides is 2. The van der Waals surface area contributed by atoms with Crippen molar-refractivity contribution in [2.24, 2.45) is 5.16 Å². The molecule has 34 heavy (non-hydrogen) atoms. The molecular weight excluding hydrogens is 490 g/mol. The first-order valence-corrected chi connectivity index (χ1v) is 12.1. The van der Waals surface area contributed by atoms with Gasteiger partial charge in [0, 0.05) is 18.1 Å². The van der Waals surface area contributed by atoms with E-state index in [-0.39, 0.29) is 35.4 Å². The predicted octanol–water partition coefficient (Wildman–Crippen LogP) is 0.812. The maximum Gasteiger partial charge on any atom is 0.511 e. The molecule has 2 unspecified atom stereocenters. The van der Waals surface area contributed by atoms with Crippen LogP contribution in [0.4, 0.5) is 9.93 Å². The number of anilines is 1. The first-order valence-electron chi connectivity index (χ1n) is 10.2. The van der Waals surface area contributed by atoms with Crippen LogP contribution in [-0.2, 0) is 33.4 Å². The van der Waals surface area contributed by atoms with Gasteiger partial charge in [0.15, 0.2) is 10.8 Å². The summed E-state index contributed by atoms with van der Waals surface area (Å²) in [6.45, 7) is 4.97. The molecular formula is C19H23N5O8S2. The second kappa shape index (κ2) is 11.2. The SMILES string of the molecule is CCON=C(C(=O)NC1C(=O)N2C(C(=O)OC(C)OC(=O)OCC)=CCS[C@H]12)c1csc(N)n1. The zero-order valence-electron chi connectivity index (χ0n) is 18.5. The molecule has 0 aromatic carbocycles. The number of nitrogens with two attached hydrogens (primary N) is 1. The van der Waals surface area contributed by atoms with Crippen LogP contribution in [0, 0.1) is 0 Å². The molecule has 3 rings (SSSR count). The quantitative estimate of drug-likeness (QED) is 0.157. The zero-order chi connectivity index (χ0) is 24.8. The smallest absolute Gasteiger partial charge is 0.435 e. The number of nitrogens with one attached hydrogen (secondary N) is 1. The normalized spacial score (nSPS) is 20.3. The van der Waals surface area contributed by atoms with Crippen LogP contribution < -0.4 is 11.1 Å². The van der Waals surface area contributed by atoms with Crippen molar-refractivity contribution in [2.75, 3.05) is 24.7 Å². The van der Waals surface area contributed by atoms with Crippen molar-refractivity contribution in [3.8, 4) is 0 Å². The van der Waals surface area contributed by atoms with Crippen LogP contribution in [-0.4, -0.2) is 76.2 Å². The molecule has 15 heteroatoms. The molecule has 0 aliphatic carbocycles. The van der Waals surface area contributed by atoms with Gasteiger partial charge in [0.1, 0.15) is 29.4 Å². The summed E-state index contributed by atoms with van der Waals surface area (Å²) in [5.41, 5.74) is 5.73. The number of esters is 1. The highest BCUT2D eigenvalue weighted by molar-refractivity contribution is 8.00.